The van der Waals surface area contributed by atoms with E-state index in [1.807, 2.05) is 12.1 Å². The van der Waals surface area contributed by atoms with Gasteiger partial charge in [0.05, 0.1) is 5.56 Å². The summed E-state index contributed by atoms with van der Waals surface area (Å²) < 4.78 is 19.0. The smallest absolute Gasteiger partial charge is 0.170 e. The van der Waals surface area contributed by atoms with Gasteiger partial charge in [-0.1, -0.05) is 18.2 Å². The van der Waals surface area contributed by atoms with Crippen molar-refractivity contribution in [3.63, 3.8) is 0 Å². The third-order valence-electron chi connectivity index (χ3n) is 3.84. The van der Waals surface area contributed by atoms with Crippen molar-refractivity contribution < 1.29 is 13.9 Å². The lowest BCUT2D eigenvalue weighted by atomic mass is 9.90. The molecule has 3 nitrogen and oxygen atoms in total. The van der Waals surface area contributed by atoms with E-state index in [0.717, 1.165) is 19.4 Å². The summed E-state index contributed by atoms with van der Waals surface area (Å²) in [7, 11) is 0. The van der Waals surface area contributed by atoms with Crippen LogP contribution in [0.5, 0.6) is 11.5 Å². The second-order valence-electron chi connectivity index (χ2n) is 5.46. The standard InChI is InChI=1S/C18H18FNO2/c19-14-6-3-7-15(11-14)22-17-9-2-1-8-16(17)18(21)13-5-4-10-20-12-13/h1-3,6-9,11,13,20H,4-5,10,12H2. The Morgan fingerprint density at radius 1 is 1.18 bits per heavy atom. The Morgan fingerprint density at radius 2 is 2.05 bits per heavy atom. The first-order valence-corrected chi connectivity index (χ1v) is 7.51. The summed E-state index contributed by atoms with van der Waals surface area (Å²) in [5.41, 5.74) is 0.556. The summed E-state index contributed by atoms with van der Waals surface area (Å²) >= 11 is 0. The Hall–Kier alpha value is -2.20. The van der Waals surface area contributed by atoms with E-state index in [1.54, 1.807) is 24.3 Å². The average molecular weight is 299 g/mol. The summed E-state index contributed by atoms with van der Waals surface area (Å²) in [4.78, 5) is 12.7. The molecule has 3 rings (SSSR count). The molecule has 0 amide bonds. The maximum Gasteiger partial charge on any atom is 0.170 e. The van der Waals surface area contributed by atoms with Crippen molar-refractivity contribution in [2.45, 2.75) is 12.8 Å². The highest BCUT2D eigenvalue weighted by Crippen LogP contribution is 2.28. The summed E-state index contributed by atoms with van der Waals surface area (Å²) in [6.07, 6.45) is 1.89. The minimum atomic E-state index is -0.363. The van der Waals surface area contributed by atoms with E-state index in [-0.39, 0.29) is 17.5 Å². The fraction of sp³-hybridized carbons (Fsp3) is 0.278. The highest BCUT2D eigenvalue weighted by Gasteiger charge is 2.24. The number of carbonyl (C=O) groups excluding carboxylic acids is 1. The van der Waals surface area contributed by atoms with Crippen LogP contribution in [0, 0.1) is 11.7 Å². The Kier molecular flexibility index (Phi) is 4.49. The summed E-state index contributed by atoms with van der Waals surface area (Å²) in [5, 5.41) is 3.25. The summed E-state index contributed by atoms with van der Waals surface area (Å²) in [5.74, 6) is 0.564. The van der Waals surface area contributed by atoms with Gasteiger partial charge >= 0.3 is 0 Å². The Labute approximate surface area is 129 Å². The number of hydrogen-bond acceptors (Lipinski definition) is 3. The summed E-state index contributed by atoms with van der Waals surface area (Å²) in [6.45, 7) is 1.67. The van der Waals surface area contributed by atoms with Crippen LogP contribution in [-0.4, -0.2) is 18.9 Å². The quantitative estimate of drug-likeness (QED) is 0.873. The normalized spacial score (nSPS) is 18.0. The highest BCUT2D eigenvalue weighted by molar-refractivity contribution is 6.00. The van der Waals surface area contributed by atoms with Gasteiger partial charge in [0.2, 0.25) is 0 Å². The van der Waals surface area contributed by atoms with Crippen LogP contribution < -0.4 is 10.1 Å². The number of halogens is 1. The molecule has 1 unspecified atom stereocenters. The van der Waals surface area contributed by atoms with E-state index < -0.39 is 0 Å². The van der Waals surface area contributed by atoms with Crippen molar-refractivity contribution in [3.8, 4) is 11.5 Å². The van der Waals surface area contributed by atoms with Crippen LogP contribution in [-0.2, 0) is 0 Å². The van der Waals surface area contributed by atoms with Gasteiger partial charge in [0.25, 0.3) is 0 Å². The minimum Gasteiger partial charge on any atom is -0.457 e. The molecule has 0 saturated carbocycles. The number of nitrogens with one attached hydrogen (secondary N) is 1. The van der Waals surface area contributed by atoms with Gasteiger partial charge < -0.3 is 10.1 Å². The molecule has 2 aromatic rings. The van der Waals surface area contributed by atoms with Crippen LogP contribution in [0.15, 0.2) is 48.5 Å². The predicted octanol–water partition coefficient (Wildman–Crippen LogP) is 3.80. The molecule has 0 spiro atoms. The van der Waals surface area contributed by atoms with Crippen LogP contribution in [0.3, 0.4) is 0 Å². The minimum absolute atomic E-state index is 0.0222. The zero-order valence-electron chi connectivity index (χ0n) is 12.2. The number of carbonyl (C=O) groups is 1. The molecule has 1 aliphatic heterocycles. The number of rotatable bonds is 4. The van der Waals surface area contributed by atoms with Crippen LogP contribution in [0.2, 0.25) is 0 Å². The third-order valence-corrected chi connectivity index (χ3v) is 3.84. The Morgan fingerprint density at radius 3 is 2.82 bits per heavy atom. The molecule has 114 valence electrons. The van der Waals surface area contributed by atoms with E-state index in [9.17, 15) is 9.18 Å². The van der Waals surface area contributed by atoms with Gasteiger partial charge in [-0.25, -0.2) is 4.39 Å². The lowest BCUT2D eigenvalue weighted by molar-refractivity contribution is 0.0897. The first-order valence-electron chi connectivity index (χ1n) is 7.51. The number of Topliss-reactive ketones (excluding diaryl/α,β-unsaturated/α-hetero) is 1. The molecular weight excluding hydrogens is 281 g/mol. The zero-order valence-corrected chi connectivity index (χ0v) is 12.2. The first-order chi connectivity index (χ1) is 10.7. The molecule has 1 saturated heterocycles. The molecule has 1 N–H and O–H groups in total. The van der Waals surface area contributed by atoms with Crippen LogP contribution in [0.4, 0.5) is 4.39 Å². The Bertz CT molecular complexity index is 666. The van der Waals surface area contributed by atoms with E-state index in [4.69, 9.17) is 4.74 Å². The predicted molar refractivity (Wildman–Crippen MR) is 82.8 cm³/mol. The lowest BCUT2D eigenvalue weighted by Gasteiger charge is -2.22. The van der Waals surface area contributed by atoms with Crippen molar-refractivity contribution in [2.24, 2.45) is 5.92 Å². The van der Waals surface area contributed by atoms with Gasteiger partial charge in [0, 0.05) is 18.5 Å². The van der Waals surface area contributed by atoms with Crippen molar-refractivity contribution in [3.05, 3.63) is 59.9 Å². The van der Waals surface area contributed by atoms with Crippen molar-refractivity contribution in [1.82, 2.24) is 5.32 Å². The molecule has 1 heterocycles. The third kappa shape index (κ3) is 3.34. The van der Waals surface area contributed by atoms with Gasteiger partial charge in [0.1, 0.15) is 17.3 Å². The van der Waals surface area contributed by atoms with E-state index in [0.29, 0.717) is 23.6 Å². The van der Waals surface area contributed by atoms with Crippen LogP contribution >= 0.6 is 0 Å². The van der Waals surface area contributed by atoms with Gasteiger partial charge in [-0.05, 0) is 43.7 Å². The molecule has 0 radical (unpaired) electrons. The van der Waals surface area contributed by atoms with Crippen molar-refractivity contribution >= 4 is 5.78 Å². The molecule has 4 heteroatoms. The van der Waals surface area contributed by atoms with Crippen LogP contribution in [0.25, 0.3) is 0 Å². The number of hydrogen-bond donors (Lipinski definition) is 1. The molecule has 0 aliphatic carbocycles. The van der Waals surface area contributed by atoms with Crippen molar-refractivity contribution in [2.75, 3.05) is 13.1 Å². The Balaban J connectivity index is 1.84. The molecule has 22 heavy (non-hydrogen) atoms. The largest absolute Gasteiger partial charge is 0.457 e. The van der Waals surface area contributed by atoms with E-state index in [2.05, 4.69) is 5.32 Å². The topological polar surface area (TPSA) is 38.3 Å². The molecule has 0 aromatic heterocycles. The molecule has 2 aromatic carbocycles. The SMILES string of the molecule is O=C(c1ccccc1Oc1cccc(F)c1)C1CCCNC1. The zero-order chi connectivity index (χ0) is 15.4. The molecule has 0 bridgehead atoms. The van der Waals surface area contributed by atoms with Crippen molar-refractivity contribution in [1.29, 1.82) is 0 Å². The first kappa shape index (κ1) is 14.7. The average Bonchev–Trinajstić information content (AvgIpc) is 2.56. The van der Waals surface area contributed by atoms with Crippen LogP contribution in [0.1, 0.15) is 23.2 Å². The van der Waals surface area contributed by atoms with Gasteiger partial charge in [-0.3, -0.25) is 4.79 Å². The second-order valence-corrected chi connectivity index (χ2v) is 5.46. The number of piperidine rings is 1. The van der Waals surface area contributed by atoms with E-state index in [1.165, 1.54) is 12.1 Å². The number of para-hydroxylation sites is 1. The second kappa shape index (κ2) is 6.71. The maximum atomic E-state index is 13.3. The molecular formula is C18H18FNO2. The fourth-order valence-electron chi connectivity index (χ4n) is 2.71. The number of ketones is 1. The highest BCUT2D eigenvalue weighted by atomic mass is 19.1. The maximum absolute atomic E-state index is 13.3. The molecule has 1 fully saturated rings. The lowest BCUT2D eigenvalue weighted by Crippen LogP contribution is -2.34. The van der Waals surface area contributed by atoms with Gasteiger partial charge in [-0.2, -0.15) is 0 Å². The molecule has 1 atom stereocenters. The van der Waals surface area contributed by atoms with E-state index >= 15 is 0 Å². The van der Waals surface area contributed by atoms with Gasteiger partial charge in [-0.15, -0.1) is 0 Å². The fourth-order valence-corrected chi connectivity index (χ4v) is 2.71. The number of benzene rings is 2. The summed E-state index contributed by atoms with van der Waals surface area (Å²) in [6, 6.07) is 13.1. The number of ether oxygens (including phenoxy) is 1. The monoisotopic (exact) mass is 299 g/mol. The van der Waals surface area contributed by atoms with Gasteiger partial charge in [0.15, 0.2) is 5.78 Å². The molecule has 1 aliphatic rings.